The fourth-order valence-corrected chi connectivity index (χ4v) is 9.69. The summed E-state index contributed by atoms with van der Waals surface area (Å²) >= 11 is 0. The molecule has 0 radical (unpaired) electrons. The number of carbonyl (C=O) groups is 1. The van der Waals surface area contributed by atoms with Crippen molar-refractivity contribution in [3.63, 3.8) is 0 Å². The smallest absolute Gasteiger partial charge is 0.303 e. The van der Waals surface area contributed by atoms with Gasteiger partial charge < -0.3 is 21.6 Å². The van der Waals surface area contributed by atoms with Crippen molar-refractivity contribution < 1.29 is 26.4 Å². The fourth-order valence-electron chi connectivity index (χ4n) is 0.831. The van der Waals surface area contributed by atoms with Gasteiger partial charge in [-0.15, -0.1) is 0 Å². The highest BCUT2D eigenvalue weighted by atomic mass is 28.4. The average Bonchev–Trinajstić information content (AvgIpc) is 2.01. The monoisotopic (exact) mass is 256 g/mol. The van der Waals surface area contributed by atoms with Crippen molar-refractivity contribution in [2.75, 3.05) is 0 Å². The molecule has 1 fully saturated rings. The van der Waals surface area contributed by atoms with Crippen LogP contribution in [0.3, 0.4) is 0 Å². The van der Waals surface area contributed by atoms with Gasteiger partial charge in [-0.1, -0.05) is 0 Å². The Morgan fingerprint density at radius 2 is 1.85 bits per heavy atom. The van der Waals surface area contributed by atoms with Gasteiger partial charge in [-0.05, 0) is 6.04 Å². The zero-order chi connectivity index (χ0) is 9.52. The molecule has 0 atom stereocenters. The summed E-state index contributed by atoms with van der Waals surface area (Å²) in [5, 5.41) is 8.45. The minimum Gasteiger partial charge on any atom is -0.481 e. The predicted octanol–water partition coefficient (Wildman–Crippen LogP) is -3.24. The van der Waals surface area contributed by atoms with Crippen molar-refractivity contribution in [1.29, 1.82) is 0 Å². The number of aliphatic carboxylic acids is 1. The zero-order valence-corrected chi connectivity index (χ0v) is 12.5. The van der Waals surface area contributed by atoms with Crippen molar-refractivity contribution in [2.45, 2.75) is 12.5 Å². The molecule has 1 aliphatic heterocycles. The van der Waals surface area contributed by atoms with Crippen LogP contribution in [-0.4, -0.2) is 50.4 Å². The topological polar surface area (TPSA) is 74.2 Å². The molecule has 0 bridgehead atoms. The van der Waals surface area contributed by atoms with Crippen molar-refractivity contribution in [2.24, 2.45) is 0 Å². The Kier molecular flexibility index (Phi) is 5.72. The largest absolute Gasteiger partial charge is 0.481 e. The van der Waals surface area contributed by atoms with Crippen molar-refractivity contribution in [3.8, 4) is 0 Å². The number of carboxylic acid groups (broad SMARTS) is 1. The van der Waals surface area contributed by atoms with Gasteiger partial charge in [-0.3, -0.25) is 4.79 Å². The van der Waals surface area contributed by atoms with E-state index in [1.54, 1.807) is 0 Å². The van der Waals surface area contributed by atoms with Gasteiger partial charge in [0.05, 0.1) is 0 Å². The second-order valence-electron chi connectivity index (χ2n) is 2.46. The van der Waals surface area contributed by atoms with Gasteiger partial charge >= 0.3 is 15.3 Å². The molecule has 1 saturated heterocycles. The van der Waals surface area contributed by atoms with Gasteiger partial charge in [0, 0.05) is 6.42 Å². The van der Waals surface area contributed by atoms with Crippen LogP contribution in [0.5, 0.6) is 0 Å². The zero-order valence-electron chi connectivity index (χ0n) is 7.10. The lowest BCUT2D eigenvalue weighted by Crippen LogP contribution is -2.33. The lowest BCUT2D eigenvalue weighted by molar-refractivity contribution is -0.136. The molecule has 0 saturated carbocycles. The number of hydrogen-bond donors (Lipinski definition) is 1. The summed E-state index contributed by atoms with van der Waals surface area (Å²) in [5.74, 6) is -0.804. The first-order valence-corrected chi connectivity index (χ1v) is 9.12. The lowest BCUT2D eigenvalue weighted by Gasteiger charge is -2.19. The summed E-state index contributed by atoms with van der Waals surface area (Å²) < 4.78 is 21.2. The fraction of sp³-hybridized carbons (Fsp3) is 0.667. The van der Waals surface area contributed by atoms with E-state index in [9.17, 15) is 4.79 Å². The molecule has 76 valence electrons. The Morgan fingerprint density at radius 3 is 2.38 bits per heavy atom. The molecule has 0 amide bonds. The van der Waals surface area contributed by atoms with Crippen LogP contribution in [0.25, 0.3) is 0 Å². The highest BCUT2D eigenvalue weighted by Gasteiger charge is 2.16. The van der Waals surface area contributed by atoms with Crippen LogP contribution in [0, 0.1) is 0 Å². The molecule has 0 unspecified atom stereocenters. The maximum Gasteiger partial charge on any atom is 0.303 e. The van der Waals surface area contributed by atoms with Crippen molar-refractivity contribution >= 4 is 45.3 Å². The average molecular weight is 256 g/mol. The third kappa shape index (κ3) is 5.48. The molecule has 6 nitrogen and oxygen atoms in total. The van der Waals surface area contributed by atoms with Gasteiger partial charge in [-0.25, -0.2) is 0 Å². The summed E-state index contributed by atoms with van der Waals surface area (Å²) in [6.45, 7) is 0. The van der Waals surface area contributed by atoms with Gasteiger partial charge in [0.15, 0.2) is 0 Å². The molecular formula is C3H12O6Si4. The van der Waals surface area contributed by atoms with E-state index in [1.807, 2.05) is 0 Å². The van der Waals surface area contributed by atoms with Gasteiger partial charge in [-0.2, -0.15) is 0 Å². The first-order valence-electron chi connectivity index (χ1n) is 3.89. The van der Waals surface area contributed by atoms with Gasteiger partial charge in [0.25, 0.3) is 30.0 Å². The molecule has 0 aliphatic carbocycles. The Labute approximate surface area is 84.6 Å². The van der Waals surface area contributed by atoms with E-state index in [4.69, 9.17) is 21.6 Å². The van der Waals surface area contributed by atoms with Crippen LogP contribution < -0.4 is 0 Å². The van der Waals surface area contributed by atoms with Gasteiger partial charge in [0.2, 0.25) is 0 Å². The second kappa shape index (κ2) is 6.60. The molecule has 10 heteroatoms. The summed E-state index contributed by atoms with van der Waals surface area (Å²) in [4.78, 5) is 10.3. The molecule has 0 aromatic rings. The Morgan fingerprint density at radius 1 is 1.23 bits per heavy atom. The van der Waals surface area contributed by atoms with E-state index in [-0.39, 0.29) is 6.42 Å². The number of carboxylic acids is 1. The number of hydrogen-bond acceptors (Lipinski definition) is 5. The van der Waals surface area contributed by atoms with Gasteiger partial charge in [0.1, 0.15) is 0 Å². The highest BCUT2D eigenvalue weighted by molar-refractivity contribution is 6.60. The summed E-state index contributed by atoms with van der Waals surface area (Å²) in [5.41, 5.74) is 0. The van der Waals surface area contributed by atoms with Crippen LogP contribution in [0.4, 0.5) is 0 Å². The van der Waals surface area contributed by atoms with Crippen LogP contribution in [0.15, 0.2) is 0 Å². The Balaban J connectivity index is 2.17. The second-order valence-corrected chi connectivity index (χ2v) is 10.5. The minimum atomic E-state index is -1.74. The SMILES string of the molecule is O=C(O)CC[SiH]1O[SiH2]O[SiH2]O[SiH2]O1. The summed E-state index contributed by atoms with van der Waals surface area (Å²) in [6.07, 6.45) is 0.122. The first kappa shape index (κ1) is 11.3. The lowest BCUT2D eigenvalue weighted by atomic mass is 10.5. The minimum absolute atomic E-state index is 0.122. The molecule has 13 heavy (non-hydrogen) atoms. The Bertz CT molecular complexity index is 158. The third-order valence-corrected chi connectivity index (χ3v) is 8.92. The molecule has 0 aromatic heterocycles. The Hall–Kier alpha value is 0.178. The van der Waals surface area contributed by atoms with Crippen LogP contribution >= 0.6 is 0 Å². The van der Waals surface area contributed by atoms with E-state index < -0.39 is 45.3 Å². The van der Waals surface area contributed by atoms with Crippen molar-refractivity contribution in [3.05, 3.63) is 0 Å². The standard InChI is InChI=1S/C3H12O6Si4/c4-3(5)1-2-13-8-11-6-10-7-12-9-13/h13H,1-2,10-12H2,(H,4,5). The van der Waals surface area contributed by atoms with E-state index in [0.717, 1.165) is 0 Å². The summed E-state index contributed by atoms with van der Waals surface area (Å²) in [7, 11) is -4.44. The van der Waals surface area contributed by atoms with E-state index in [2.05, 4.69) is 0 Å². The maximum atomic E-state index is 10.3. The summed E-state index contributed by atoms with van der Waals surface area (Å²) in [6, 6.07) is 0.517. The van der Waals surface area contributed by atoms with Crippen LogP contribution in [0.1, 0.15) is 6.42 Å². The predicted molar refractivity (Wildman–Crippen MR) is 54.2 cm³/mol. The van der Waals surface area contributed by atoms with E-state index >= 15 is 0 Å². The van der Waals surface area contributed by atoms with Crippen molar-refractivity contribution in [1.82, 2.24) is 0 Å². The first-order chi connectivity index (χ1) is 6.29. The van der Waals surface area contributed by atoms with E-state index in [1.165, 1.54) is 0 Å². The molecule has 0 aromatic carbocycles. The molecule has 1 rings (SSSR count). The van der Waals surface area contributed by atoms with Crippen LogP contribution in [0.2, 0.25) is 6.04 Å². The number of rotatable bonds is 3. The maximum absolute atomic E-state index is 10.3. The quantitative estimate of drug-likeness (QED) is 0.535. The highest BCUT2D eigenvalue weighted by Crippen LogP contribution is 2.02. The molecular weight excluding hydrogens is 244 g/mol. The molecule has 1 aliphatic rings. The molecule has 1 N–H and O–H groups in total. The van der Waals surface area contributed by atoms with E-state index in [0.29, 0.717) is 6.04 Å². The normalized spacial score (nSPS) is 30.3. The third-order valence-electron chi connectivity index (χ3n) is 1.44. The molecule has 1 heterocycles. The molecule has 0 spiro atoms. The van der Waals surface area contributed by atoms with Crippen LogP contribution in [-0.2, 0) is 21.3 Å².